The highest BCUT2D eigenvalue weighted by atomic mass is 16.5. The summed E-state index contributed by atoms with van der Waals surface area (Å²) in [4.78, 5) is 22.0. The first-order chi connectivity index (χ1) is 10.5. The quantitative estimate of drug-likeness (QED) is 0.370. The molecule has 8 heteroatoms. The van der Waals surface area contributed by atoms with E-state index >= 15 is 0 Å². The molecule has 0 bridgehead atoms. The molecule has 0 amide bonds. The van der Waals surface area contributed by atoms with E-state index in [9.17, 15) is 9.59 Å². The first kappa shape index (κ1) is 20.8. The number of hydrogen-bond donors (Lipinski definition) is 1. The molecule has 0 saturated carbocycles. The minimum atomic E-state index is -0.845. The summed E-state index contributed by atoms with van der Waals surface area (Å²) >= 11 is 0. The lowest BCUT2D eigenvalue weighted by atomic mass is 10.1. The van der Waals surface area contributed by atoms with E-state index in [0.29, 0.717) is 6.61 Å². The second kappa shape index (κ2) is 12.3. The highest BCUT2D eigenvalue weighted by Crippen LogP contribution is 2.06. The number of hydrogen-bond acceptors (Lipinski definition) is 8. The van der Waals surface area contributed by atoms with Gasteiger partial charge in [-0.3, -0.25) is 9.59 Å². The molecule has 0 aromatic heterocycles. The third kappa shape index (κ3) is 10.5. The maximum absolute atomic E-state index is 11.0. The third-order valence-electron chi connectivity index (χ3n) is 2.73. The van der Waals surface area contributed by atoms with Crippen molar-refractivity contribution in [1.82, 2.24) is 0 Å². The van der Waals surface area contributed by atoms with Gasteiger partial charge in [-0.2, -0.15) is 0 Å². The Morgan fingerprint density at radius 3 is 1.64 bits per heavy atom. The van der Waals surface area contributed by atoms with Crippen molar-refractivity contribution in [2.24, 2.45) is 5.73 Å². The van der Waals surface area contributed by atoms with Gasteiger partial charge in [-0.05, 0) is 6.92 Å². The zero-order valence-electron chi connectivity index (χ0n) is 13.6. The van der Waals surface area contributed by atoms with Crippen LogP contribution >= 0.6 is 0 Å². The Morgan fingerprint density at radius 1 is 0.864 bits per heavy atom. The van der Waals surface area contributed by atoms with Crippen LogP contribution in [0.4, 0.5) is 0 Å². The van der Waals surface area contributed by atoms with E-state index in [0.717, 1.165) is 0 Å². The van der Waals surface area contributed by atoms with Crippen molar-refractivity contribution in [1.29, 1.82) is 0 Å². The van der Waals surface area contributed by atoms with Crippen molar-refractivity contribution in [2.45, 2.75) is 25.3 Å². The lowest BCUT2D eigenvalue weighted by molar-refractivity contribution is -0.142. The van der Waals surface area contributed by atoms with Gasteiger partial charge in [0, 0.05) is 6.61 Å². The molecule has 0 fully saturated rings. The second-order valence-corrected chi connectivity index (χ2v) is 4.76. The van der Waals surface area contributed by atoms with Crippen LogP contribution in [0.5, 0.6) is 0 Å². The highest BCUT2D eigenvalue weighted by Gasteiger charge is 2.26. The van der Waals surface area contributed by atoms with Gasteiger partial charge in [0.15, 0.2) is 0 Å². The van der Waals surface area contributed by atoms with Crippen LogP contribution < -0.4 is 5.73 Å². The summed E-state index contributed by atoms with van der Waals surface area (Å²) in [6.07, 6.45) is 0.314. The maximum atomic E-state index is 11.0. The molecular weight excluding hydrogens is 294 g/mol. The molecule has 0 saturated heterocycles. The molecule has 0 aliphatic carbocycles. The first-order valence-electron chi connectivity index (χ1n) is 7.13. The Balaban J connectivity index is 4.09. The van der Waals surface area contributed by atoms with E-state index in [-0.39, 0.29) is 57.8 Å². The number of esters is 2. The van der Waals surface area contributed by atoms with Crippen molar-refractivity contribution in [3.63, 3.8) is 0 Å². The number of carbonyl (C=O) groups is 2. The minimum Gasteiger partial charge on any atom is -0.469 e. The summed E-state index contributed by atoms with van der Waals surface area (Å²) in [6, 6.07) is 0. The largest absolute Gasteiger partial charge is 0.469 e. The standard InChI is InChI=1S/C14H27NO7/c1-4-20-9-14(15,10-21-7-5-12(16)18-2)11-22-8-6-13(17)19-3/h4-11,15H2,1-3H3. The van der Waals surface area contributed by atoms with Crippen molar-refractivity contribution < 1.29 is 33.3 Å². The fourth-order valence-electron chi connectivity index (χ4n) is 1.50. The zero-order valence-corrected chi connectivity index (χ0v) is 13.6. The molecule has 0 spiro atoms. The van der Waals surface area contributed by atoms with Crippen LogP contribution in [0.1, 0.15) is 19.8 Å². The summed E-state index contributed by atoms with van der Waals surface area (Å²) < 4.78 is 25.1. The van der Waals surface area contributed by atoms with E-state index in [4.69, 9.17) is 19.9 Å². The SMILES string of the molecule is CCOCC(N)(COCCC(=O)OC)COCCC(=O)OC. The Hall–Kier alpha value is -1.22. The number of nitrogens with two attached hydrogens (primary N) is 1. The van der Waals surface area contributed by atoms with Crippen LogP contribution in [-0.4, -0.2) is 71.3 Å². The van der Waals surface area contributed by atoms with Gasteiger partial charge in [0.05, 0.1) is 65.6 Å². The zero-order chi connectivity index (χ0) is 16.8. The first-order valence-corrected chi connectivity index (χ1v) is 7.13. The van der Waals surface area contributed by atoms with Crippen LogP contribution in [0.25, 0.3) is 0 Å². The molecular formula is C14H27NO7. The highest BCUT2D eigenvalue weighted by molar-refractivity contribution is 5.69. The fraction of sp³-hybridized carbons (Fsp3) is 0.857. The summed E-state index contributed by atoms with van der Waals surface area (Å²) in [7, 11) is 2.64. The van der Waals surface area contributed by atoms with Crippen LogP contribution in [0.15, 0.2) is 0 Å². The predicted octanol–water partition coefficient (Wildman–Crippen LogP) is -0.120. The van der Waals surface area contributed by atoms with Crippen LogP contribution in [0.2, 0.25) is 0 Å². The van der Waals surface area contributed by atoms with Gasteiger partial charge < -0.3 is 29.4 Å². The van der Waals surface area contributed by atoms with Crippen molar-refractivity contribution in [2.75, 3.05) is 53.9 Å². The monoisotopic (exact) mass is 321 g/mol. The predicted molar refractivity (Wildman–Crippen MR) is 78.3 cm³/mol. The normalized spacial score (nSPS) is 11.3. The van der Waals surface area contributed by atoms with E-state index in [1.54, 1.807) is 0 Å². The molecule has 130 valence electrons. The van der Waals surface area contributed by atoms with Gasteiger partial charge in [0.25, 0.3) is 0 Å². The number of ether oxygens (including phenoxy) is 5. The number of carbonyl (C=O) groups excluding carboxylic acids is 2. The maximum Gasteiger partial charge on any atom is 0.307 e. The molecule has 22 heavy (non-hydrogen) atoms. The van der Waals surface area contributed by atoms with Crippen LogP contribution in [0.3, 0.4) is 0 Å². The Morgan fingerprint density at radius 2 is 1.27 bits per heavy atom. The van der Waals surface area contributed by atoms with Gasteiger partial charge in [-0.15, -0.1) is 0 Å². The molecule has 2 N–H and O–H groups in total. The molecule has 0 aromatic rings. The average Bonchev–Trinajstić information content (AvgIpc) is 2.53. The molecule has 0 heterocycles. The topological polar surface area (TPSA) is 106 Å². The fourth-order valence-corrected chi connectivity index (χ4v) is 1.50. The molecule has 8 nitrogen and oxygen atoms in total. The summed E-state index contributed by atoms with van der Waals surface area (Å²) in [5.74, 6) is -0.691. The molecule has 0 rings (SSSR count). The Bertz CT molecular complexity index is 298. The van der Waals surface area contributed by atoms with Gasteiger partial charge in [0.1, 0.15) is 0 Å². The van der Waals surface area contributed by atoms with Crippen LogP contribution in [0, 0.1) is 0 Å². The van der Waals surface area contributed by atoms with Crippen LogP contribution in [-0.2, 0) is 33.3 Å². The average molecular weight is 321 g/mol. The smallest absolute Gasteiger partial charge is 0.307 e. The molecule has 0 aliphatic rings. The molecule has 0 atom stereocenters. The van der Waals surface area contributed by atoms with Gasteiger partial charge >= 0.3 is 11.9 Å². The van der Waals surface area contributed by atoms with Gasteiger partial charge in [0.2, 0.25) is 0 Å². The van der Waals surface area contributed by atoms with Crippen molar-refractivity contribution >= 4 is 11.9 Å². The van der Waals surface area contributed by atoms with E-state index in [1.165, 1.54) is 14.2 Å². The number of rotatable bonds is 13. The Kier molecular flexibility index (Phi) is 11.7. The summed E-state index contributed by atoms with van der Waals surface area (Å²) in [5, 5.41) is 0. The second-order valence-electron chi connectivity index (χ2n) is 4.76. The van der Waals surface area contributed by atoms with Crippen molar-refractivity contribution in [3.05, 3.63) is 0 Å². The molecule has 0 aliphatic heterocycles. The van der Waals surface area contributed by atoms with Crippen molar-refractivity contribution in [3.8, 4) is 0 Å². The third-order valence-corrected chi connectivity index (χ3v) is 2.73. The lowest BCUT2D eigenvalue weighted by Crippen LogP contribution is -2.53. The van der Waals surface area contributed by atoms with E-state index in [1.807, 2.05) is 6.92 Å². The number of methoxy groups -OCH3 is 2. The summed E-state index contributed by atoms with van der Waals surface area (Å²) in [6.45, 7) is 3.38. The molecule has 0 radical (unpaired) electrons. The lowest BCUT2D eigenvalue weighted by Gasteiger charge is -2.28. The summed E-state index contributed by atoms with van der Waals surface area (Å²) in [5.41, 5.74) is 5.33. The van der Waals surface area contributed by atoms with E-state index in [2.05, 4.69) is 9.47 Å². The van der Waals surface area contributed by atoms with Gasteiger partial charge in [-0.1, -0.05) is 0 Å². The van der Waals surface area contributed by atoms with Gasteiger partial charge in [-0.25, -0.2) is 0 Å². The minimum absolute atomic E-state index is 0.157. The Labute approximate surface area is 131 Å². The molecule has 0 unspecified atom stereocenters. The molecule has 0 aromatic carbocycles. The van der Waals surface area contributed by atoms with E-state index < -0.39 is 5.54 Å².